The van der Waals surface area contributed by atoms with Gasteiger partial charge in [-0.3, -0.25) is 19.7 Å². The minimum atomic E-state index is -5.08. The van der Waals surface area contributed by atoms with Gasteiger partial charge in [0.2, 0.25) is 0 Å². The van der Waals surface area contributed by atoms with E-state index in [-0.39, 0.29) is 76.2 Å². The minimum absolute atomic E-state index is 0. The third-order valence-electron chi connectivity index (χ3n) is 7.26. The third-order valence-corrected chi connectivity index (χ3v) is 8.55. The number of aliphatic imine (C=N–C) groups is 1. The number of nitrogens with zero attached hydrogens (tertiary/aromatic N) is 8. The van der Waals surface area contributed by atoms with Crippen LogP contribution in [0.4, 0.5) is 28.4 Å². The molecule has 0 saturated carbocycles. The van der Waals surface area contributed by atoms with E-state index >= 15 is 0 Å². The summed E-state index contributed by atoms with van der Waals surface area (Å²) in [7, 11) is -5.08. The zero-order valence-electron chi connectivity index (χ0n) is 30.8. The van der Waals surface area contributed by atoms with Crippen molar-refractivity contribution < 1.29 is 76.6 Å². The molecule has 22 heteroatoms. The number of aromatic nitrogens is 4. The van der Waals surface area contributed by atoms with Crippen molar-refractivity contribution in [2.24, 2.45) is 25.4 Å². The number of halogens is 2. The van der Waals surface area contributed by atoms with Crippen LogP contribution in [0.3, 0.4) is 0 Å². The van der Waals surface area contributed by atoms with Crippen molar-refractivity contribution in [3.05, 3.63) is 140 Å². The summed E-state index contributed by atoms with van der Waals surface area (Å²) in [4.78, 5) is 27.8. The van der Waals surface area contributed by atoms with Crippen LogP contribution in [-0.2, 0) is 27.5 Å². The summed E-state index contributed by atoms with van der Waals surface area (Å²) >= 11 is 11.6. The van der Waals surface area contributed by atoms with Gasteiger partial charge in [-0.15, -0.1) is 15.9 Å². The molecule has 1 radical (unpaired) electrons. The van der Waals surface area contributed by atoms with Crippen molar-refractivity contribution in [1.29, 1.82) is 0 Å². The molecule has 4 aromatic carbocycles. The van der Waals surface area contributed by atoms with E-state index in [1.54, 1.807) is 19.1 Å². The van der Waals surface area contributed by atoms with Gasteiger partial charge >= 0.3 is 48.3 Å². The Morgan fingerprint density at radius 2 is 1.46 bits per heavy atom. The first-order valence-corrected chi connectivity index (χ1v) is 17.6. The van der Waals surface area contributed by atoms with Gasteiger partial charge in [0.1, 0.15) is 15.8 Å². The van der Waals surface area contributed by atoms with Gasteiger partial charge in [0.25, 0.3) is 11.1 Å². The maximum absolute atomic E-state index is 12.7. The van der Waals surface area contributed by atoms with Gasteiger partial charge in [0.15, 0.2) is 5.69 Å². The fraction of sp³-hybridized carbons (Fsp3) is 0.0571. The number of benzene rings is 4. The number of aryl methyl sites for hydroxylation is 2. The van der Waals surface area contributed by atoms with Crippen LogP contribution >= 0.6 is 23.2 Å². The summed E-state index contributed by atoms with van der Waals surface area (Å²) in [5.41, 5.74) is 0.586. The summed E-state index contributed by atoms with van der Waals surface area (Å²) in [5, 5.41) is 57.4. The summed E-state index contributed by atoms with van der Waals surface area (Å²) in [6.07, 6.45) is 1.06. The second kappa shape index (κ2) is 19.9. The topological polar surface area (TPSA) is 262 Å². The van der Waals surface area contributed by atoms with Gasteiger partial charge in [0, 0.05) is 15.7 Å². The molecule has 6 aromatic rings. The minimum Gasteiger partial charge on any atom is -0.871 e. The fourth-order valence-corrected chi connectivity index (χ4v) is 5.68. The molecular weight excluding hydrogens is 852 g/mol. The smallest absolute Gasteiger partial charge is 0.871 e. The van der Waals surface area contributed by atoms with Gasteiger partial charge in [-0.2, -0.15) is 10.2 Å². The van der Waals surface area contributed by atoms with Gasteiger partial charge in [-0.05, 0) is 73.5 Å². The van der Waals surface area contributed by atoms with Crippen LogP contribution < -0.4 is 61.1 Å². The van der Waals surface area contributed by atoms with Crippen molar-refractivity contribution in [3.63, 3.8) is 0 Å². The van der Waals surface area contributed by atoms with Crippen LogP contribution in [0.15, 0.2) is 138 Å². The molecule has 6 rings (SSSR count). The van der Waals surface area contributed by atoms with Crippen molar-refractivity contribution in [1.82, 2.24) is 19.6 Å². The molecule has 0 atom stereocenters. The van der Waals surface area contributed by atoms with Gasteiger partial charge in [0.05, 0.1) is 33.3 Å². The molecule has 17 nitrogen and oxygen atoms in total. The molecule has 1 N–H and O–H groups in total. The van der Waals surface area contributed by atoms with Crippen molar-refractivity contribution in [2.45, 2.75) is 18.7 Å². The number of nitrogens with one attached hydrogen (secondary N) is 1. The van der Waals surface area contributed by atoms with E-state index in [9.17, 15) is 37.9 Å². The average Bonchev–Trinajstić information content (AvgIpc) is 3.60. The maximum Gasteiger partial charge on any atom is 3.00 e. The van der Waals surface area contributed by atoms with Crippen molar-refractivity contribution in [2.75, 3.05) is 0 Å². The zero-order chi connectivity index (χ0) is 40.0. The van der Waals surface area contributed by atoms with Crippen LogP contribution in [0.1, 0.15) is 12.8 Å². The Kier molecular flexibility index (Phi) is 16.1. The maximum atomic E-state index is 12.7. The third kappa shape index (κ3) is 11.3. The van der Waals surface area contributed by atoms with E-state index in [0.29, 0.717) is 33.5 Å². The first-order chi connectivity index (χ1) is 26.1. The fourth-order valence-electron chi connectivity index (χ4n) is 4.63. The molecule has 2 aromatic heterocycles. The van der Waals surface area contributed by atoms with E-state index in [0.717, 1.165) is 22.9 Å². The summed E-state index contributed by atoms with van der Waals surface area (Å²) < 4.78 is 36.1. The van der Waals surface area contributed by atoms with Crippen LogP contribution in [0.25, 0.3) is 11.4 Å². The van der Waals surface area contributed by atoms with E-state index < -0.39 is 43.5 Å². The quantitative estimate of drug-likeness (QED) is 0.0734. The first kappa shape index (κ1) is 46.3. The predicted molar refractivity (Wildman–Crippen MR) is 198 cm³/mol. The van der Waals surface area contributed by atoms with Gasteiger partial charge < -0.3 is 29.7 Å². The molecule has 0 saturated heterocycles. The van der Waals surface area contributed by atoms with E-state index in [4.69, 9.17) is 23.2 Å². The Hall–Kier alpha value is -5.07. The normalized spacial score (nSPS) is 11.5. The Labute approximate surface area is 368 Å². The van der Waals surface area contributed by atoms with Gasteiger partial charge in [-0.25, -0.2) is 13.1 Å². The Bertz CT molecular complexity index is 2740. The number of hydrogen-bond donors (Lipinski definition) is 1. The molecule has 0 bridgehead atoms. The van der Waals surface area contributed by atoms with Crippen LogP contribution in [0.5, 0.6) is 11.5 Å². The Balaban J connectivity index is 0.000000398. The molecule has 0 aliphatic heterocycles. The second-order valence-corrected chi connectivity index (χ2v) is 13.3. The Morgan fingerprint density at radius 3 is 2.09 bits per heavy atom. The molecule has 57 heavy (non-hydrogen) atoms. The molecule has 0 amide bonds. The predicted octanol–water partition coefficient (Wildman–Crippen LogP) is 2.46. The first-order valence-electron chi connectivity index (χ1n) is 15.5. The van der Waals surface area contributed by atoms with E-state index in [1.165, 1.54) is 54.1 Å². The molecule has 0 aliphatic rings. The second-order valence-electron chi connectivity index (χ2n) is 11.1. The van der Waals surface area contributed by atoms with E-state index in [2.05, 4.69) is 42.2 Å². The molecule has 2 heterocycles. The average molecular weight is 878 g/mol. The van der Waals surface area contributed by atoms with E-state index in [1.807, 2.05) is 18.2 Å². The summed E-state index contributed by atoms with van der Waals surface area (Å²) in [6.45, 7) is 6.52. The number of para-hydroxylation sites is 1. The summed E-state index contributed by atoms with van der Waals surface area (Å²) in [5.74, 6) is -2.02. The van der Waals surface area contributed by atoms with Gasteiger partial charge in [-0.1, -0.05) is 78.5 Å². The van der Waals surface area contributed by atoms with Crippen molar-refractivity contribution >= 4 is 67.7 Å². The Morgan fingerprint density at radius 1 is 0.842 bits per heavy atom. The standard InChI is InChI=1S/C19H16ClN5O6S.C16H13ClN4O2.Cr.Na/c1-3-16(26)21-12-4-6-13(7-5-12)25-19(28)17(10(2)24-25)23-22-14-8-11(20)9-15(18(14)27)32(29,30)31;1-10-15(19-18-13-9-11(17)7-8-14(13)22)16(23)21(20-10)12-5-3-2-4-6-12;;/h3-9,24,27H,1H2,2H3,(H,21,26)(H,29,30,31);2-9H,1H3,(H2,18,19,20,22,23);;/q;;+3;+1/p-4. The zero-order valence-corrected chi connectivity index (χ0v) is 35.4. The number of hydrogen-bond acceptors (Lipinski definition) is 13. The molecule has 0 fully saturated rings. The van der Waals surface area contributed by atoms with Crippen LogP contribution in [0.2, 0.25) is 10.0 Å². The van der Waals surface area contributed by atoms with Crippen LogP contribution in [0, 0.1) is 13.8 Å². The molecular formula is C35H25Cl2CrN9NaO8S. The number of aromatic amines is 1. The summed E-state index contributed by atoms with van der Waals surface area (Å²) in [6, 6.07) is 21.0. The van der Waals surface area contributed by atoms with Crippen LogP contribution in [-0.4, -0.2) is 33.3 Å². The largest absolute Gasteiger partial charge is 3.00 e. The number of rotatable bonds is 9. The molecule has 0 spiro atoms. The number of H-pyrrole nitrogens is 1. The molecule has 285 valence electrons. The monoisotopic (exact) mass is 876 g/mol. The molecule has 0 aliphatic carbocycles. The molecule has 0 unspecified atom stereocenters. The number of azo groups is 2. The SMILES string of the molecule is C=CC([O-])=Nc1ccc(-n2[nH]c(C)c(N=Nc3cc(Cl)cc(S(=O)(=O)[O-])c3[O-])c2=O)cc1.Cc1[n-]n(-c2ccccc2)c(=O)c1N=Nc1cc(Cl)ccc1[O-].[Cr+3].[H+].[Na+]. The van der Waals surface area contributed by atoms with Crippen molar-refractivity contribution in [3.8, 4) is 22.9 Å².